The van der Waals surface area contributed by atoms with Crippen LogP contribution in [0.5, 0.6) is 0 Å². The Hall–Kier alpha value is -0.470. The number of pyridine rings is 1. The molecule has 1 heterocycles. The Bertz CT molecular complexity index is 225. The first kappa shape index (κ1) is 10.5. The van der Waals surface area contributed by atoms with Gasteiger partial charge in [0.25, 0.3) is 0 Å². The minimum atomic E-state index is 0. The molecule has 0 aliphatic carbocycles. The fourth-order valence-corrected chi connectivity index (χ4v) is 0.792. The van der Waals surface area contributed by atoms with Crippen LogP contribution in [0.1, 0.15) is 0 Å². The van der Waals surface area contributed by atoms with Crippen LogP contribution in [0.3, 0.4) is 0 Å². The van der Waals surface area contributed by atoms with E-state index in [1.165, 1.54) is 0 Å². The molecule has 0 saturated heterocycles. The first-order valence-electron chi connectivity index (χ1n) is 2.99. The van der Waals surface area contributed by atoms with Gasteiger partial charge in [-0.2, -0.15) is 0 Å². The molecule has 0 aliphatic heterocycles. The Morgan fingerprint density at radius 2 is 2.09 bits per heavy atom. The summed E-state index contributed by atoms with van der Waals surface area (Å²) in [6, 6.07) is 3.58. The molecule has 0 N–H and O–H groups in total. The molecule has 0 amide bonds. The second kappa shape index (κ2) is 4.42. The highest BCUT2D eigenvalue weighted by molar-refractivity contribution is 6.30. The lowest BCUT2D eigenvalue weighted by molar-refractivity contribution is 1.07. The zero-order chi connectivity index (χ0) is 7.56. The maximum Gasteiger partial charge on any atom is 0.129 e. The smallest absolute Gasteiger partial charge is 0.129 e. The van der Waals surface area contributed by atoms with Crippen molar-refractivity contribution in [1.29, 1.82) is 0 Å². The van der Waals surface area contributed by atoms with Crippen LogP contribution in [-0.2, 0) is 0 Å². The Kier molecular flexibility index (Phi) is 4.23. The molecule has 0 fully saturated rings. The molecule has 0 saturated carbocycles. The van der Waals surface area contributed by atoms with E-state index in [2.05, 4.69) is 4.98 Å². The maximum atomic E-state index is 5.72. The molecular weight excluding hydrogens is 183 g/mol. The van der Waals surface area contributed by atoms with Gasteiger partial charge in [-0.3, -0.25) is 0 Å². The third kappa shape index (κ3) is 2.95. The lowest BCUT2D eigenvalue weighted by Gasteiger charge is -2.09. The molecule has 0 unspecified atom stereocenters. The molecular formula is C7H10Cl2N2. The third-order valence-corrected chi connectivity index (χ3v) is 1.40. The fourth-order valence-electron chi connectivity index (χ4n) is 0.638. The normalized spacial score (nSPS) is 8.64. The predicted molar refractivity (Wildman–Crippen MR) is 50.8 cm³/mol. The van der Waals surface area contributed by atoms with Crippen molar-refractivity contribution in [2.75, 3.05) is 19.0 Å². The average molecular weight is 193 g/mol. The van der Waals surface area contributed by atoms with E-state index >= 15 is 0 Å². The van der Waals surface area contributed by atoms with E-state index < -0.39 is 0 Å². The Balaban J connectivity index is 0.000001000. The molecule has 0 aromatic carbocycles. The van der Waals surface area contributed by atoms with E-state index in [0.29, 0.717) is 0 Å². The number of nitrogens with zero attached hydrogens (tertiary/aromatic N) is 2. The van der Waals surface area contributed by atoms with Crippen molar-refractivity contribution < 1.29 is 0 Å². The Morgan fingerprint density at radius 3 is 2.45 bits per heavy atom. The standard InChI is InChI=1S/C7H9ClN2.ClH/c1-10(2)7-5-6(8)3-4-9-7;/h3-5H,1-2H3;1H. The van der Waals surface area contributed by atoms with Crippen molar-refractivity contribution >= 4 is 29.8 Å². The van der Waals surface area contributed by atoms with Crippen LogP contribution in [0.4, 0.5) is 5.82 Å². The van der Waals surface area contributed by atoms with E-state index in [9.17, 15) is 0 Å². The van der Waals surface area contributed by atoms with Gasteiger partial charge < -0.3 is 4.90 Å². The van der Waals surface area contributed by atoms with Gasteiger partial charge in [0, 0.05) is 25.3 Å². The quantitative estimate of drug-likeness (QED) is 0.679. The van der Waals surface area contributed by atoms with Crippen molar-refractivity contribution in [3.8, 4) is 0 Å². The lowest BCUT2D eigenvalue weighted by atomic mass is 10.4. The Morgan fingerprint density at radius 1 is 1.45 bits per heavy atom. The van der Waals surface area contributed by atoms with Gasteiger partial charge in [0.1, 0.15) is 5.82 Å². The van der Waals surface area contributed by atoms with E-state index in [4.69, 9.17) is 11.6 Å². The molecule has 1 rings (SSSR count). The van der Waals surface area contributed by atoms with Crippen molar-refractivity contribution in [2.45, 2.75) is 0 Å². The van der Waals surface area contributed by atoms with E-state index in [1.54, 1.807) is 12.3 Å². The summed E-state index contributed by atoms with van der Waals surface area (Å²) in [5, 5.41) is 0.721. The van der Waals surface area contributed by atoms with Crippen LogP contribution in [0.25, 0.3) is 0 Å². The van der Waals surface area contributed by atoms with Crippen LogP contribution in [-0.4, -0.2) is 19.1 Å². The second-order valence-electron chi connectivity index (χ2n) is 2.23. The van der Waals surface area contributed by atoms with Crippen LogP contribution in [0, 0.1) is 0 Å². The molecule has 11 heavy (non-hydrogen) atoms. The van der Waals surface area contributed by atoms with Crippen molar-refractivity contribution in [3.63, 3.8) is 0 Å². The summed E-state index contributed by atoms with van der Waals surface area (Å²) < 4.78 is 0. The molecule has 1 aromatic rings. The second-order valence-corrected chi connectivity index (χ2v) is 2.66. The minimum absolute atomic E-state index is 0. The molecule has 0 atom stereocenters. The fraction of sp³-hybridized carbons (Fsp3) is 0.286. The monoisotopic (exact) mass is 192 g/mol. The van der Waals surface area contributed by atoms with Gasteiger partial charge in [-0.25, -0.2) is 4.98 Å². The van der Waals surface area contributed by atoms with Crippen LogP contribution < -0.4 is 4.90 Å². The van der Waals surface area contributed by atoms with Crippen LogP contribution >= 0.6 is 24.0 Å². The van der Waals surface area contributed by atoms with Gasteiger partial charge in [-0.05, 0) is 12.1 Å². The molecule has 2 nitrogen and oxygen atoms in total. The van der Waals surface area contributed by atoms with Crippen LogP contribution in [0.2, 0.25) is 5.02 Å². The predicted octanol–water partition coefficient (Wildman–Crippen LogP) is 2.22. The largest absolute Gasteiger partial charge is 0.363 e. The van der Waals surface area contributed by atoms with Crippen molar-refractivity contribution in [3.05, 3.63) is 23.4 Å². The lowest BCUT2D eigenvalue weighted by Crippen LogP contribution is -2.09. The van der Waals surface area contributed by atoms with E-state index in [1.807, 2.05) is 25.1 Å². The average Bonchev–Trinajstić information content (AvgIpc) is 1.88. The summed E-state index contributed by atoms with van der Waals surface area (Å²) in [7, 11) is 3.86. The zero-order valence-corrected chi connectivity index (χ0v) is 7.99. The van der Waals surface area contributed by atoms with E-state index in [-0.39, 0.29) is 12.4 Å². The number of hydrogen-bond acceptors (Lipinski definition) is 2. The molecule has 1 aromatic heterocycles. The van der Waals surface area contributed by atoms with Crippen molar-refractivity contribution in [2.24, 2.45) is 0 Å². The summed E-state index contributed by atoms with van der Waals surface area (Å²) in [5.41, 5.74) is 0. The summed E-state index contributed by atoms with van der Waals surface area (Å²) in [6.45, 7) is 0. The highest BCUT2D eigenvalue weighted by atomic mass is 35.5. The third-order valence-electron chi connectivity index (χ3n) is 1.17. The van der Waals surface area contributed by atoms with Gasteiger partial charge in [0.2, 0.25) is 0 Å². The van der Waals surface area contributed by atoms with Gasteiger partial charge in [-0.1, -0.05) is 11.6 Å². The SMILES string of the molecule is CN(C)c1cc(Cl)ccn1.Cl. The first-order chi connectivity index (χ1) is 4.70. The highest BCUT2D eigenvalue weighted by Crippen LogP contribution is 2.13. The van der Waals surface area contributed by atoms with Gasteiger partial charge in [0.05, 0.1) is 0 Å². The number of rotatable bonds is 1. The zero-order valence-electron chi connectivity index (χ0n) is 6.41. The molecule has 0 spiro atoms. The molecule has 0 aliphatic rings. The molecule has 0 radical (unpaired) electrons. The number of halogens is 2. The summed E-state index contributed by atoms with van der Waals surface area (Å²) >= 11 is 5.72. The number of aromatic nitrogens is 1. The molecule has 4 heteroatoms. The summed E-state index contributed by atoms with van der Waals surface area (Å²) in [6.07, 6.45) is 1.69. The molecule has 62 valence electrons. The summed E-state index contributed by atoms with van der Waals surface area (Å²) in [5.74, 6) is 0.882. The minimum Gasteiger partial charge on any atom is -0.363 e. The topological polar surface area (TPSA) is 16.1 Å². The van der Waals surface area contributed by atoms with Gasteiger partial charge in [0.15, 0.2) is 0 Å². The summed E-state index contributed by atoms with van der Waals surface area (Å²) in [4.78, 5) is 5.99. The van der Waals surface area contributed by atoms with E-state index in [0.717, 1.165) is 10.8 Å². The number of hydrogen-bond donors (Lipinski definition) is 0. The number of anilines is 1. The Labute approximate surface area is 77.6 Å². The van der Waals surface area contributed by atoms with Gasteiger partial charge >= 0.3 is 0 Å². The van der Waals surface area contributed by atoms with Crippen LogP contribution in [0.15, 0.2) is 18.3 Å². The van der Waals surface area contributed by atoms with Crippen molar-refractivity contribution in [1.82, 2.24) is 4.98 Å². The maximum absolute atomic E-state index is 5.72. The first-order valence-corrected chi connectivity index (χ1v) is 3.37. The van der Waals surface area contributed by atoms with Gasteiger partial charge in [-0.15, -0.1) is 12.4 Å². The highest BCUT2D eigenvalue weighted by Gasteiger charge is 1.94. The molecule has 0 bridgehead atoms.